The monoisotopic (exact) mass is 238 g/mol. The lowest BCUT2D eigenvalue weighted by Crippen LogP contribution is -2.46. The van der Waals surface area contributed by atoms with E-state index in [0.717, 1.165) is 23.9 Å². The molecule has 1 aliphatic heterocycles. The Balaban J connectivity index is 1.85. The molecule has 1 heterocycles. The van der Waals surface area contributed by atoms with Crippen molar-refractivity contribution in [1.82, 2.24) is 10.6 Å². The van der Waals surface area contributed by atoms with Crippen molar-refractivity contribution in [1.29, 1.82) is 0 Å². The molecule has 2 N–H and O–H groups in total. The van der Waals surface area contributed by atoms with E-state index in [4.69, 9.17) is 0 Å². The third-order valence-corrected chi connectivity index (χ3v) is 4.70. The molecule has 1 saturated carbocycles. The Kier molecular flexibility index (Phi) is 5.30. The topological polar surface area (TPSA) is 24.1 Å². The molecule has 2 nitrogen and oxygen atoms in total. The fourth-order valence-corrected chi connectivity index (χ4v) is 3.65. The van der Waals surface area contributed by atoms with E-state index >= 15 is 0 Å². The van der Waals surface area contributed by atoms with Crippen LogP contribution in [0.4, 0.5) is 0 Å². The summed E-state index contributed by atoms with van der Waals surface area (Å²) in [7, 11) is 0. The Bertz CT molecular complexity index is 207. The van der Waals surface area contributed by atoms with E-state index in [9.17, 15) is 0 Å². The zero-order valence-electron chi connectivity index (χ0n) is 11.7. The summed E-state index contributed by atoms with van der Waals surface area (Å²) in [5.74, 6) is 1.76. The van der Waals surface area contributed by atoms with Crippen molar-refractivity contribution >= 4 is 0 Å². The fraction of sp³-hybridized carbons (Fsp3) is 1.00. The smallest absolute Gasteiger partial charge is 0.0100 e. The number of hydrogen-bond donors (Lipinski definition) is 2. The molecule has 2 fully saturated rings. The standard InChI is InChI=1S/C15H30N2/c1-12(2)14-7-3-4-8-15(14)17-13-6-5-10-16-11-9-13/h12-17H,3-11H2,1-2H3. The van der Waals surface area contributed by atoms with Gasteiger partial charge in [-0.05, 0) is 57.0 Å². The molecular weight excluding hydrogens is 208 g/mol. The second-order valence-corrected chi connectivity index (χ2v) is 6.34. The molecule has 3 atom stereocenters. The zero-order valence-corrected chi connectivity index (χ0v) is 11.7. The summed E-state index contributed by atoms with van der Waals surface area (Å²) in [6.07, 6.45) is 9.78. The Hall–Kier alpha value is -0.0800. The summed E-state index contributed by atoms with van der Waals surface area (Å²) in [6, 6.07) is 1.57. The lowest BCUT2D eigenvalue weighted by atomic mass is 9.77. The van der Waals surface area contributed by atoms with Crippen molar-refractivity contribution in [2.45, 2.75) is 70.9 Å². The van der Waals surface area contributed by atoms with Crippen molar-refractivity contribution in [3.05, 3.63) is 0 Å². The van der Waals surface area contributed by atoms with Crippen molar-refractivity contribution in [3.8, 4) is 0 Å². The second-order valence-electron chi connectivity index (χ2n) is 6.34. The summed E-state index contributed by atoms with van der Waals surface area (Å²) in [5.41, 5.74) is 0. The summed E-state index contributed by atoms with van der Waals surface area (Å²) in [4.78, 5) is 0. The maximum absolute atomic E-state index is 3.99. The van der Waals surface area contributed by atoms with Gasteiger partial charge < -0.3 is 10.6 Å². The van der Waals surface area contributed by atoms with Gasteiger partial charge in [-0.1, -0.05) is 26.7 Å². The molecule has 17 heavy (non-hydrogen) atoms. The molecule has 0 radical (unpaired) electrons. The van der Waals surface area contributed by atoms with Crippen molar-refractivity contribution in [2.24, 2.45) is 11.8 Å². The van der Waals surface area contributed by atoms with Gasteiger partial charge in [0.25, 0.3) is 0 Å². The van der Waals surface area contributed by atoms with E-state index in [2.05, 4.69) is 24.5 Å². The van der Waals surface area contributed by atoms with Gasteiger partial charge in [-0.3, -0.25) is 0 Å². The molecule has 3 unspecified atom stereocenters. The van der Waals surface area contributed by atoms with E-state index in [-0.39, 0.29) is 0 Å². The second kappa shape index (κ2) is 6.75. The van der Waals surface area contributed by atoms with E-state index in [1.165, 1.54) is 58.0 Å². The van der Waals surface area contributed by atoms with Crippen LogP contribution in [0.1, 0.15) is 58.8 Å². The van der Waals surface area contributed by atoms with Crippen LogP contribution in [-0.4, -0.2) is 25.2 Å². The van der Waals surface area contributed by atoms with Crippen LogP contribution in [0.5, 0.6) is 0 Å². The van der Waals surface area contributed by atoms with Gasteiger partial charge in [0.05, 0.1) is 0 Å². The van der Waals surface area contributed by atoms with Gasteiger partial charge in [-0.25, -0.2) is 0 Å². The predicted octanol–water partition coefficient (Wildman–Crippen LogP) is 2.93. The lowest BCUT2D eigenvalue weighted by molar-refractivity contribution is 0.188. The van der Waals surface area contributed by atoms with Crippen LogP contribution in [-0.2, 0) is 0 Å². The van der Waals surface area contributed by atoms with Gasteiger partial charge in [0.15, 0.2) is 0 Å². The molecule has 0 aromatic carbocycles. The predicted molar refractivity (Wildman–Crippen MR) is 74.2 cm³/mol. The van der Waals surface area contributed by atoms with E-state index in [1.807, 2.05) is 0 Å². The number of rotatable bonds is 3. The average molecular weight is 238 g/mol. The van der Waals surface area contributed by atoms with Crippen LogP contribution in [0.2, 0.25) is 0 Å². The minimum Gasteiger partial charge on any atom is -0.317 e. The van der Waals surface area contributed by atoms with E-state index < -0.39 is 0 Å². The zero-order chi connectivity index (χ0) is 12.1. The van der Waals surface area contributed by atoms with E-state index in [0.29, 0.717) is 0 Å². The van der Waals surface area contributed by atoms with Crippen LogP contribution < -0.4 is 10.6 Å². The molecular formula is C15H30N2. The molecule has 2 heteroatoms. The summed E-state index contributed by atoms with van der Waals surface area (Å²) in [5, 5.41) is 7.50. The van der Waals surface area contributed by atoms with Crippen LogP contribution in [0.25, 0.3) is 0 Å². The highest BCUT2D eigenvalue weighted by atomic mass is 15.0. The molecule has 1 aliphatic carbocycles. The number of nitrogens with one attached hydrogen (secondary N) is 2. The van der Waals surface area contributed by atoms with Gasteiger partial charge in [0, 0.05) is 12.1 Å². The van der Waals surface area contributed by atoms with Crippen LogP contribution in [0.15, 0.2) is 0 Å². The van der Waals surface area contributed by atoms with Crippen molar-refractivity contribution in [3.63, 3.8) is 0 Å². The Morgan fingerprint density at radius 2 is 1.76 bits per heavy atom. The average Bonchev–Trinajstić information content (AvgIpc) is 2.58. The van der Waals surface area contributed by atoms with Crippen LogP contribution in [0, 0.1) is 11.8 Å². The fourth-order valence-electron chi connectivity index (χ4n) is 3.65. The first-order valence-corrected chi connectivity index (χ1v) is 7.74. The normalized spacial score (nSPS) is 35.8. The van der Waals surface area contributed by atoms with Crippen LogP contribution in [0.3, 0.4) is 0 Å². The maximum atomic E-state index is 3.99. The van der Waals surface area contributed by atoms with Crippen molar-refractivity contribution in [2.75, 3.05) is 13.1 Å². The molecule has 0 aromatic rings. The molecule has 100 valence electrons. The Morgan fingerprint density at radius 1 is 0.941 bits per heavy atom. The lowest BCUT2D eigenvalue weighted by Gasteiger charge is -2.37. The summed E-state index contributed by atoms with van der Waals surface area (Å²) in [6.45, 7) is 7.23. The molecule has 0 aromatic heterocycles. The van der Waals surface area contributed by atoms with Crippen LogP contribution >= 0.6 is 0 Å². The minimum atomic E-state index is 0.773. The van der Waals surface area contributed by atoms with Gasteiger partial charge in [0.1, 0.15) is 0 Å². The molecule has 2 aliphatic rings. The molecule has 0 amide bonds. The summed E-state index contributed by atoms with van der Waals surface area (Å²) < 4.78 is 0. The quantitative estimate of drug-likeness (QED) is 0.790. The first-order chi connectivity index (χ1) is 8.27. The first-order valence-electron chi connectivity index (χ1n) is 7.74. The SMILES string of the molecule is CC(C)C1CCCCC1NC1CCCNCC1. The third-order valence-electron chi connectivity index (χ3n) is 4.70. The van der Waals surface area contributed by atoms with Gasteiger partial charge >= 0.3 is 0 Å². The summed E-state index contributed by atoms with van der Waals surface area (Å²) >= 11 is 0. The highest BCUT2D eigenvalue weighted by molar-refractivity contribution is 4.86. The Labute approximate surface area is 107 Å². The number of hydrogen-bond acceptors (Lipinski definition) is 2. The minimum absolute atomic E-state index is 0.773. The Morgan fingerprint density at radius 3 is 2.59 bits per heavy atom. The van der Waals surface area contributed by atoms with Crippen molar-refractivity contribution < 1.29 is 0 Å². The maximum Gasteiger partial charge on any atom is 0.0100 e. The third kappa shape index (κ3) is 3.96. The van der Waals surface area contributed by atoms with E-state index in [1.54, 1.807) is 0 Å². The highest BCUT2D eigenvalue weighted by Gasteiger charge is 2.29. The molecule has 0 spiro atoms. The molecule has 2 rings (SSSR count). The van der Waals surface area contributed by atoms with Gasteiger partial charge in [0.2, 0.25) is 0 Å². The first kappa shape index (κ1) is 13.4. The molecule has 1 saturated heterocycles. The largest absolute Gasteiger partial charge is 0.317 e. The van der Waals surface area contributed by atoms with Gasteiger partial charge in [-0.15, -0.1) is 0 Å². The molecule has 0 bridgehead atoms. The van der Waals surface area contributed by atoms with Gasteiger partial charge in [-0.2, -0.15) is 0 Å². The highest BCUT2D eigenvalue weighted by Crippen LogP contribution is 2.30.